The van der Waals surface area contributed by atoms with Crippen molar-refractivity contribution in [1.82, 2.24) is 15.6 Å². The van der Waals surface area contributed by atoms with Gasteiger partial charge in [-0.25, -0.2) is 0 Å². The molecule has 0 aliphatic carbocycles. The number of carbonyl (C=O) groups excluding carboxylic acids is 1. The van der Waals surface area contributed by atoms with Crippen LogP contribution in [0.1, 0.15) is 16.9 Å². The topological polar surface area (TPSA) is 56.9 Å². The quantitative estimate of drug-likeness (QED) is 0.662. The van der Waals surface area contributed by atoms with E-state index in [-0.39, 0.29) is 18.2 Å². The van der Waals surface area contributed by atoms with Crippen molar-refractivity contribution < 1.29 is 4.79 Å². The first-order valence-corrected chi connectivity index (χ1v) is 4.97. The molecule has 1 aliphatic rings. The molecule has 0 aromatic carbocycles. The predicted molar refractivity (Wildman–Crippen MR) is 61.6 cm³/mol. The van der Waals surface area contributed by atoms with E-state index in [9.17, 15) is 4.79 Å². The zero-order chi connectivity index (χ0) is 9.80. The van der Waals surface area contributed by atoms with Crippen molar-refractivity contribution >= 4 is 18.2 Å². The number of halogens is 1. The Morgan fingerprint density at radius 2 is 2.47 bits per heavy atom. The molecule has 0 unspecified atom stereocenters. The number of aromatic amines is 1. The molecular formula is C10H16ClN3O. The molecule has 84 valence electrons. The Hall–Kier alpha value is -0.840. The number of Topliss-reactive ketones (excluding diaryl/α,β-unsaturated/α-hetero) is 1. The molecular weight excluding hydrogens is 214 g/mol. The van der Waals surface area contributed by atoms with Crippen molar-refractivity contribution in [3.05, 3.63) is 24.0 Å². The smallest absolute Gasteiger partial charge is 0.192 e. The number of ketones is 1. The highest BCUT2D eigenvalue weighted by molar-refractivity contribution is 5.95. The van der Waals surface area contributed by atoms with Crippen molar-refractivity contribution in [3.63, 3.8) is 0 Å². The monoisotopic (exact) mass is 229 g/mol. The third kappa shape index (κ3) is 3.34. The lowest BCUT2D eigenvalue weighted by molar-refractivity contribution is 0.0984. The van der Waals surface area contributed by atoms with Crippen LogP contribution in [0.3, 0.4) is 0 Å². The summed E-state index contributed by atoms with van der Waals surface area (Å²) in [5.41, 5.74) is 0.684. The van der Waals surface area contributed by atoms with Crippen molar-refractivity contribution in [2.45, 2.75) is 12.5 Å². The molecule has 15 heavy (non-hydrogen) atoms. The molecule has 1 fully saturated rings. The summed E-state index contributed by atoms with van der Waals surface area (Å²) in [6, 6.07) is 4.09. The summed E-state index contributed by atoms with van der Waals surface area (Å²) < 4.78 is 0. The van der Waals surface area contributed by atoms with E-state index in [0.29, 0.717) is 18.3 Å². The highest BCUT2D eigenvalue weighted by Crippen LogP contribution is 1.99. The Labute approximate surface area is 95.2 Å². The molecule has 0 bridgehead atoms. The normalized spacial score (nSPS) is 19.9. The molecule has 1 atom stereocenters. The molecule has 2 heterocycles. The van der Waals surface area contributed by atoms with Crippen molar-refractivity contribution in [2.24, 2.45) is 0 Å². The first-order chi connectivity index (χ1) is 6.86. The number of H-pyrrole nitrogens is 1. The second-order valence-electron chi connectivity index (χ2n) is 3.58. The van der Waals surface area contributed by atoms with Crippen LogP contribution in [0.15, 0.2) is 18.3 Å². The minimum atomic E-state index is 0. The van der Waals surface area contributed by atoms with Gasteiger partial charge >= 0.3 is 0 Å². The summed E-state index contributed by atoms with van der Waals surface area (Å²) in [4.78, 5) is 14.5. The van der Waals surface area contributed by atoms with Gasteiger partial charge in [0.15, 0.2) is 5.78 Å². The predicted octanol–water partition coefficient (Wildman–Crippen LogP) is 0.571. The first-order valence-electron chi connectivity index (χ1n) is 4.97. The van der Waals surface area contributed by atoms with E-state index in [1.807, 2.05) is 6.07 Å². The Morgan fingerprint density at radius 3 is 3.07 bits per heavy atom. The summed E-state index contributed by atoms with van der Waals surface area (Å²) in [6.45, 7) is 2.44. The SMILES string of the molecule is Cl.O=C(CN[C@H]1CCNC1)c1ccc[nH]1. The van der Waals surface area contributed by atoms with Crippen LogP contribution in [0.25, 0.3) is 0 Å². The van der Waals surface area contributed by atoms with Gasteiger partial charge in [-0.1, -0.05) is 0 Å². The van der Waals surface area contributed by atoms with Gasteiger partial charge in [-0.15, -0.1) is 12.4 Å². The van der Waals surface area contributed by atoms with Crippen LogP contribution in [-0.2, 0) is 0 Å². The van der Waals surface area contributed by atoms with Gasteiger partial charge in [-0.2, -0.15) is 0 Å². The highest BCUT2D eigenvalue weighted by Gasteiger charge is 2.15. The number of hydrogen-bond acceptors (Lipinski definition) is 3. The van der Waals surface area contributed by atoms with Gasteiger partial charge in [0, 0.05) is 18.8 Å². The van der Waals surface area contributed by atoms with Crippen molar-refractivity contribution in [2.75, 3.05) is 19.6 Å². The number of hydrogen-bond donors (Lipinski definition) is 3. The van der Waals surface area contributed by atoms with Crippen LogP contribution in [0.2, 0.25) is 0 Å². The second kappa shape index (κ2) is 5.90. The summed E-state index contributed by atoms with van der Waals surface area (Å²) in [5.74, 6) is 0.127. The number of rotatable bonds is 4. The fourth-order valence-electron chi connectivity index (χ4n) is 1.66. The van der Waals surface area contributed by atoms with Gasteiger partial charge in [0.1, 0.15) is 0 Å². The number of aromatic nitrogens is 1. The Balaban J connectivity index is 0.00000112. The average molecular weight is 230 g/mol. The molecule has 2 rings (SSSR count). The maximum absolute atomic E-state index is 11.5. The fraction of sp³-hybridized carbons (Fsp3) is 0.500. The maximum atomic E-state index is 11.5. The Morgan fingerprint density at radius 1 is 1.60 bits per heavy atom. The zero-order valence-corrected chi connectivity index (χ0v) is 9.27. The van der Waals surface area contributed by atoms with Gasteiger partial charge in [-0.3, -0.25) is 4.79 Å². The van der Waals surface area contributed by atoms with E-state index in [4.69, 9.17) is 0 Å². The average Bonchev–Trinajstić information content (AvgIpc) is 2.87. The van der Waals surface area contributed by atoms with Crippen LogP contribution in [0.4, 0.5) is 0 Å². The second-order valence-corrected chi connectivity index (χ2v) is 3.58. The maximum Gasteiger partial charge on any atom is 0.192 e. The largest absolute Gasteiger partial charge is 0.359 e. The van der Waals surface area contributed by atoms with Crippen LogP contribution >= 0.6 is 12.4 Å². The molecule has 1 aromatic rings. The molecule has 4 nitrogen and oxygen atoms in total. The van der Waals surface area contributed by atoms with Gasteiger partial charge in [-0.05, 0) is 25.1 Å². The van der Waals surface area contributed by atoms with E-state index < -0.39 is 0 Å². The molecule has 3 N–H and O–H groups in total. The molecule has 1 aliphatic heterocycles. The van der Waals surface area contributed by atoms with Crippen LogP contribution in [0.5, 0.6) is 0 Å². The van der Waals surface area contributed by atoms with E-state index in [0.717, 1.165) is 19.5 Å². The molecule has 0 spiro atoms. The number of carbonyl (C=O) groups is 1. The zero-order valence-electron chi connectivity index (χ0n) is 8.45. The van der Waals surface area contributed by atoms with Gasteiger partial charge in [0.25, 0.3) is 0 Å². The van der Waals surface area contributed by atoms with Crippen molar-refractivity contribution in [1.29, 1.82) is 0 Å². The van der Waals surface area contributed by atoms with Gasteiger partial charge < -0.3 is 15.6 Å². The van der Waals surface area contributed by atoms with Crippen LogP contribution in [0, 0.1) is 0 Å². The lowest BCUT2D eigenvalue weighted by Gasteiger charge is -2.09. The lowest BCUT2D eigenvalue weighted by Crippen LogP contribution is -2.35. The summed E-state index contributed by atoms with van der Waals surface area (Å²) in [5, 5.41) is 6.49. The van der Waals surface area contributed by atoms with E-state index in [2.05, 4.69) is 15.6 Å². The molecule has 0 saturated carbocycles. The van der Waals surface area contributed by atoms with E-state index in [1.54, 1.807) is 12.3 Å². The third-order valence-corrected chi connectivity index (χ3v) is 2.51. The minimum Gasteiger partial charge on any atom is -0.359 e. The first kappa shape index (κ1) is 12.2. The highest BCUT2D eigenvalue weighted by atomic mass is 35.5. The van der Waals surface area contributed by atoms with Crippen LogP contribution < -0.4 is 10.6 Å². The Bertz CT molecular complexity index is 294. The van der Waals surface area contributed by atoms with Crippen molar-refractivity contribution in [3.8, 4) is 0 Å². The fourth-order valence-corrected chi connectivity index (χ4v) is 1.66. The van der Waals surface area contributed by atoms with Gasteiger partial charge in [0.2, 0.25) is 0 Å². The molecule has 0 amide bonds. The summed E-state index contributed by atoms with van der Waals surface area (Å²) in [6.07, 6.45) is 2.88. The molecule has 0 radical (unpaired) electrons. The van der Waals surface area contributed by atoms with Gasteiger partial charge in [0.05, 0.1) is 12.2 Å². The summed E-state index contributed by atoms with van der Waals surface area (Å²) >= 11 is 0. The minimum absolute atomic E-state index is 0. The number of nitrogens with one attached hydrogen (secondary N) is 3. The lowest BCUT2D eigenvalue weighted by atomic mass is 10.2. The Kier molecular flexibility index (Phi) is 4.81. The van der Waals surface area contributed by atoms with E-state index in [1.165, 1.54) is 0 Å². The van der Waals surface area contributed by atoms with Crippen LogP contribution in [-0.4, -0.2) is 36.4 Å². The molecule has 5 heteroatoms. The van der Waals surface area contributed by atoms with E-state index >= 15 is 0 Å². The third-order valence-electron chi connectivity index (χ3n) is 2.51. The summed E-state index contributed by atoms with van der Waals surface area (Å²) in [7, 11) is 0. The molecule has 1 aromatic heterocycles. The standard InChI is InChI=1S/C10H15N3O.ClH/c14-10(9-2-1-4-12-9)7-13-8-3-5-11-6-8;/h1-2,4,8,11-13H,3,5-7H2;1H/t8-;/m0./s1. The molecule has 1 saturated heterocycles.